The van der Waals surface area contributed by atoms with Gasteiger partial charge in [0, 0.05) is 16.3 Å². The minimum atomic E-state index is -0.0998. The van der Waals surface area contributed by atoms with Gasteiger partial charge in [-0.05, 0) is 56.7 Å². The first-order chi connectivity index (χ1) is 8.95. The van der Waals surface area contributed by atoms with Crippen LogP contribution < -0.4 is 5.32 Å². The van der Waals surface area contributed by atoms with Crippen LogP contribution in [0.15, 0.2) is 36.4 Å². The number of halogens is 1. The van der Waals surface area contributed by atoms with E-state index in [4.69, 9.17) is 11.6 Å². The number of rotatable bonds is 2. The van der Waals surface area contributed by atoms with Gasteiger partial charge in [-0.1, -0.05) is 28.8 Å². The predicted octanol–water partition coefficient (Wildman–Crippen LogP) is 4.52. The number of carbonyl (C=O) groups excluding carboxylic acids is 1. The monoisotopic (exact) mass is 273 g/mol. The van der Waals surface area contributed by atoms with E-state index in [1.54, 1.807) is 6.07 Å². The molecule has 0 aromatic heterocycles. The smallest absolute Gasteiger partial charge is 0.255 e. The number of hydrogen-bond donors (Lipinski definition) is 1. The number of aryl methyl sites for hydroxylation is 3. The van der Waals surface area contributed by atoms with Crippen molar-refractivity contribution in [2.75, 3.05) is 5.32 Å². The maximum absolute atomic E-state index is 12.2. The molecule has 3 heteroatoms. The van der Waals surface area contributed by atoms with E-state index in [9.17, 15) is 4.79 Å². The van der Waals surface area contributed by atoms with Crippen molar-refractivity contribution >= 4 is 23.2 Å². The third-order valence-electron chi connectivity index (χ3n) is 2.92. The molecule has 98 valence electrons. The lowest BCUT2D eigenvalue weighted by atomic mass is 10.1. The third kappa shape index (κ3) is 3.36. The van der Waals surface area contributed by atoms with Gasteiger partial charge in [0.25, 0.3) is 5.91 Å². The van der Waals surface area contributed by atoms with Gasteiger partial charge in [-0.15, -0.1) is 0 Å². The van der Waals surface area contributed by atoms with Gasteiger partial charge in [0.2, 0.25) is 0 Å². The number of benzene rings is 2. The highest BCUT2D eigenvalue weighted by Crippen LogP contribution is 2.20. The van der Waals surface area contributed by atoms with Crippen LogP contribution in [0.3, 0.4) is 0 Å². The van der Waals surface area contributed by atoms with Gasteiger partial charge in [0.15, 0.2) is 0 Å². The summed E-state index contributed by atoms with van der Waals surface area (Å²) in [7, 11) is 0. The van der Waals surface area contributed by atoms with Crippen molar-refractivity contribution in [1.29, 1.82) is 0 Å². The van der Waals surface area contributed by atoms with E-state index in [0.29, 0.717) is 10.6 Å². The second-order valence-electron chi connectivity index (χ2n) is 4.79. The molecular formula is C16H16ClNO. The topological polar surface area (TPSA) is 29.1 Å². The summed E-state index contributed by atoms with van der Waals surface area (Å²) in [6.07, 6.45) is 0. The van der Waals surface area contributed by atoms with Crippen molar-refractivity contribution in [3.8, 4) is 0 Å². The first-order valence-electron chi connectivity index (χ1n) is 6.11. The number of nitrogens with one attached hydrogen (secondary N) is 1. The quantitative estimate of drug-likeness (QED) is 0.856. The van der Waals surface area contributed by atoms with E-state index in [2.05, 4.69) is 5.32 Å². The van der Waals surface area contributed by atoms with E-state index >= 15 is 0 Å². The van der Waals surface area contributed by atoms with Crippen LogP contribution in [0, 0.1) is 20.8 Å². The zero-order valence-electron chi connectivity index (χ0n) is 11.3. The van der Waals surface area contributed by atoms with Crippen molar-refractivity contribution in [1.82, 2.24) is 0 Å². The minimum Gasteiger partial charge on any atom is -0.322 e. The average molecular weight is 274 g/mol. The molecular weight excluding hydrogens is 258 g/mol. The third-order valence-corrected chi connectivity index (χ3v) is 3.16. The first kappa shape index (κ1) is 13.6. The summed E-state index contributed by atoms with van der Waals surface area (Å²) >= 11 is 5.90. The lowest BCUT2D eigenvalue weighted by Crippen LogP contribution is -2.13. The van der Waals surface area contributed by atoms with Crippen molar-refractivity contribution in [2.45, 2.75) is 20.8 Å². The lowest BCUT2D eigenvalue weighted by Gasteiger charge is -2.10. The van der Waals surface area contributed by atoms with E-state index in [-0.39, 0.29) is 5.91 Å². The molecule has 0 radical (unpaired) electrons. The molecule has 0 spiro atoms. The van der Waals surface area contributed by atoms with Crippen LogP contribution in [0.2, 0.25) is 5.02 Å². The van der Waals surface area contributed by atoms with Crippen LogP contribution in [0.4, 0.5) is 5.69 Å². The predicted molar refractivity (Wildman–Crippen MR) is 80.1 cm³/mol. The molecule has 0 atom stereocenters. The Kier molecular flexibility index (Phi) is 3.91. The fourth-order valence-electron chi connectivity index (χ4n) is 2.07. The molecule has 0 unspecified atom stereocenters. The van der Waals surface area contributed by atoms with Crippen LogP contribution in [0.5, 0.6) is 0 Å². The molecule has 0 aliphatic rings. The number of amides is 1. The summed E-state index contributed by atoms with van der Waals surface area (Å²) in [4.78, 5) is 12.2. The van der Waals surface area contributed by atoms with Crippen molar-refractivity contribution in [2.24, 2.45) is 0 Å². The fraction of sp³-hybridized carbons (Fsp3) is 0.188. The Morgan fingerprint density at radius 1 is 1.00 bits per heavy atom. The van der Waals surface area contributed by atoms with E-state index in [0.717, 1.165) is 22.4 Å². The molecule has 2 rings (SSSR count). The van der Waals surface area contributed by atoms with Crippen LogP contribution >= 0.6 is 11.6 Å². The van der Waals surface area contributed by atoms with Crippen molar-refractivity contribution < 1.29 is 4.79 Å². The highest BCUT2D eigenvalue weighted by molar-refractivity contribution is 6.30. The summed E-state index contributed by atoms with van der Waals surface area (Å²) < 4.78 is 0. The van der Waals surface area contributed by atoms with Gasteiger partial charge in [-0.25, -0.2) is 0 Å². The second kappa shape index (κ2) is 5.45. The van der Waals surface area contributed by atoms with Crippen molar-refractivity contribution in [3.05, 3.63) is 63.7 Å². The Morgan fingerprint density at radius 3 is 2.21 bits per heavy atom. The Labute approximate surface area is 118 Å². The molecule has 0 aliphatic heterocycles. The zero-order chi connectivity index (χ0) is 14.0. The van der Waals surface area contributed by atoms with Gasteiger partial charge >= 0.3 is 0 Å². The Hall–Kier alpha value is -1.80. The summed E-state index contributed by atoms with van der Waals surface area (Å²) in [6.45, 7) is 5.89. The van der Waals surface area contributed by atoms with Crippen molar-refractivity contribution in [3.63, 3.8) is 0 Å². The molecule has 2 aromatic carbocycles. The largest absolute Gasteiger partial charge is 0.322 e. The first-order valence-corrected chi connectivity index (χ1v) is 6.49. The molecule has 0 aliphatic carbocycles. The molecule has 1 N–H and O–H groups in total. The summed E-state index contributed by atoms with van der Waals surface area (Å²) in [5, 5.41) is 3.58. The minimum absolute atomic E-state index is 0.0998. The van der Waals surface area contributed by atoms with Gasteiger partial charge in [-0.3, -0.25) is 4.79 Å². The average Bonchev–Trinajstić information content (AvgIpc) is 2.31. The van der Waals surface area contributed by atoms with Crippen LogP contribution in [-0.4, -0.2) is 5.91 Å². The SMILES string of the molecule is Cc1cc(C)cc(C(=O)Nc2ccc(Cl)cc2C)c1. The molecule has 19 heavy (non-hydrogen) atoms. The maximum Gasteiger partial charge on any atom is 0.255 e. The zero-order valence-corrected chi connectivity index (χ0v) is 12.0. The number of carbonyl (C=O) groups is 1. The second-order valence-corrected chi connectivity index (χ2v) is 5.23. The summed E-state index contributed by atoms with van der Waals surface area (Å²) in [5.74, 6) is -0.0998. The lowest BCUT2D eigenvalue weighted by molar-refractivity contribution is 0.102. The molecule has 2 nitrogen and oxygen atoms in total. The molecule has 0 fully saturated rings. The molecule has 0 heterocycles. The van der Waals surface area contributed by atoms with Crippen LogP contribution in [0.25, 0.3) is 0 Å². The molecule has 1 amide bonds. The van der Waals surface area contributed by atoms with Crippen LogP contribution in [-0.2, 0) is 0 Å². The molecule has 0 saturated carbocycles. The van der Waals surface area contributed by atoms with E-state index < -0.39 is 0 Å². The van der Waals surface area contributed by atoms with Gasteiger partial charge < -0.3 is 5.32 Å². The Bertz CT molecular complexity index is 614. The molecule has 2 aromatic rings. The standard InChI is InChI=1S/C16H16ClNO/c1-10-6-11(2)8-13(7-10)16(19)18-15-5-4-14(17)9-12(15)3/h4-9H,1-3H3,(H,18,19). The molecule has 0 bridgehead atoms. The van der Waals surface area contributed by atoms with E-state index in [1.165, 1.54) is 0 Å². The highest BCUT2D eigenvalue weighted by atomic mass is 35.5. The Morgan fingerprint density at radius 2 is 1.63 bits per heavy atom. The maximum atomic E-state index is 12.2. The normalized spacial score (nSPS) is 10.3. The molecule has 0 saturated heterocycles. The summed E-state index contributed by atoms with van der Waals surface area (Å²) in [6, 6.07) is 11.2. The number of anilines is 1. The van der Waals surface area contributed by atoms with Crippen LogP contribution in [0.1, 0.15) is 27.0 Å². The Balaban J connectivity index is 2.25. The van der Waals surface area contributed by atoms with Gasteiger partial charge in [-0.2, -0.15) is 0 Å². The van der Waals surface area contributed by atoms with E-state index in [1.807, 2.05) is 51.1 Å². The summed E-state index contributed by atoms with van der Waals surface area (Å²) in [5.41, 5.74) is 4.57. The number of hydrogen-bond acceptors (Lipinski definition) is 1. The van der Waals surface area contributed by atoms with Gasteiger partial charge in [0.05, 0.1) is 0 Å². The van der Waals surface area contributed by atoms with Gasteiger partial charge in [0.1, 0.15) is 0 Å². The fourth-order valence-corrected chi connectivity index (χ4v) is 2.29. The highest BCUT2D eigenvalue weighted by Gasteiger charge is 2.08.